The molecule has 4 N–H and O–H groups in total. The first kappa shape index (κ1) is 14.7. The van der Waals surface area contributed by atoms with Crippen molar-refractivity contribution in [1.82, 2.24) is 0 Å². The van der Waals surface area contributed by atoms with E-state index in [0.717, 1.165) is 11.1 Å². The van der Waals surface area contributed by atoms with Gasteiger partial charge in [-0.3, -0.25) is 4.79 Å². The van der Waals surface area contributed by atoms with Crippen LogP contribution in [-0.2, 0) is 0 Å². The lowest BCUT2D eigenvalue weighted by Gasteiger charge is -2.10. The molecule has 4 nitrogen and oxygen atoms in total. The molecule has 0 saturated heterocycles. The topological polar surface area (TPSA) is 75.3 Å². The molecule has 4 heteroatoms. The summed E-state index contributed by atoms with van der Waals surface area (Å²) in [5.74, 6) is -0.477. The normalized spacial score (nSPS) is 10.3. The second-order valence-corrected chi connectivity index (χ2v) is 5.14. The molecular formula is C19H16N2O2. The zero-order chi connectivity index (χ0) is 16.2. The first-order chi connectivity index (χ1) is 11.1. The first-order valence-corrected chi connectivity index (χ1v) is 7.19. The van der Waals surface area contributed by atoms with Crippen molar-refractivity contribution in [3.8, 4) is 16.9 Å². The Labute approximate surface area is 134 Å². The van der Waals surface area contributed by atoms with Crippen LogP contribution in [0.4, 0.5) is 11.4 Å². The number of anilines is 2. The van der Waals surface area contributed by atoms with Crippen LogP contribution in [0.2, 0.25) is 0 Å². The Morgan fingerprint density at radius 1 is 0.870 bits per heavy atom. The van der Waals surface area contributed by atoms with Crippen molar-refractivity contribution in [3.05, 3.63) is 78.4 Å². The number of rotatable bonds is 3. The Kier molecular flexibility index (Phi) is 3.97. The molecule has 0 bridgehead atoms. The summed E-state index contributed by atoms with van der Waals surface area (Å²) in [5, 5.41) is 12.7. The van der Waals surface area contributed by atoms with E-state index in [0.29, 0.717) is 11.4 Å². The van der Waals surface area contributed by atoms with Crippen molar-refractivity contribution in [3.63, 3.8) is 0 Å². The molecule has 0 aliphatic heterocycles. The van der Waals surface area contributed by atoms with Gasteiger partial charge in [-0.25, -0.2) is 0 Å². The summed E-state index contributed by atoms with van der Waals surface area (Å²) in [6.07, 6.45) is 0. The van der Waals surface area contributed by atoms with Crippen molar-refractivity contribution < 1.29 is 9.90 Å². The van der Waals surface area contributed by atoms with Crippen LogP contribution in [0.15, 0.2) is 72.8 Å². The fourth-order valence-electron chi connectivity index (χ4n) is 2.33. The number of para-hydroxylation sites is 2. The number of phenolic OH excluding ortho intramolecular Hbond substituents is 1. The van der Waals surface area contributed by atoms with Crippen LogP contribution in [-0.4, -0.2) is 11.0 Å². The fourth-order valence-corrected chi connectivity index (χ4v) is 2.33. The molecule has 0 aromatic heterocycles. The Morgan fingerprint density at radius 3 is 2.30 bits per heavy atom. The molecule has 0 unspecified atom stereocenters. The van der Waals surface area contributed by atoms with Crippen LogP contribution in [0.3, 0.4) is 0 Å². The number of benzene rings is 3. The molecule has 3 aromatic carbocycles. The number of amides is 1. The molecule has 0 saturated carbocycles. The van der Waals surface area contributed by atoms with Gasteiger partial charge in [0, 0.05) is 0 Å². The Hall–Kier alpha value is -3.27. The van der Waals surface area contributed by atoms with Crippen LogP contribution in [0, 0.1) is 0 Å². The lowest BCUT2D eigenvalue weighted by atomic mass is 10.0. The van der Waals surface area contributed by atoms with Crippen LogP contribution >= 0.6 is 0 Å². The van der Waals surface area contributed by atoms with Gasteiger partial charge in [-0.05, 0) is 35.4 Å². The molecule has 114 valence electrons. The highest BCUT2D eigenvalue weighted by molar-refractivity contribution is 6.08. The minimum atomic E-state index is -0.404. The summed E-state index contributed by atoms with van der Waals surface area (Å²) >= 11 is 0. The summed E-state index contributed by atoms with van der Waals surface area (Å²) in [7, 11) is 0. The monoisotopic (exact) mass is 304 g/mol. The summed E-state index contributed by atoms with van der Waals surface area (Å²) in [4.78, 5) is 12.4. The minimum absolute atomic E-state index is 0.0725. The molecule has 3 rings (SSSR count). The highest BCUT2D eigenvalue weighted by Crippen LogP contribution is 2.27. The molecule has 0 fully saturated rings. The quantitative estimate of drug-likeness (QED) is 0.642. The molecule has 1 amide bonds. The second-order valence-electron chi connectivity index (χ2n) is 5.14. The van der Waals surface area contributed by atoms with Gasteiger partial charge < -0.3 is 16.2 Å². The van der Waals surface area contributed by atoms with Crippen molar-refractivity contribution in [2.24, 2.45) is 0 Å². The van der Waals surface area contributed by atoms with E-state index in [2.05, 4.69) is 5.32 Å². The Morgan fingerprint density at radius 2 is 1.57 bits per heavy atom. The van der Waals surface area contributed by atoms with E-state index in [-0.39, 0.29) is 11.3 Å². The molecule has 0 aliphatic carbocycles. The minimum Gasteiger partial charge on any atom is -0.507 e. The van der Waals surface area contributed by atoms with Gasteiger partial charge in [-0.2, -0.15) is 0 Å². The second kappa shape index (κ2) is 6.23. The van der Waals surface area contributed by atoms with E-state index in [1.54, 1.807) is 36.4 Å². The third kappa shape index (κ3) is 3.16. The maximum atomic E-state index is 12.4. The van der Waals surface area contributed by atoms with Crippen LogP contribution in [0.1, 0.15) is 10.4 Å². The number of carbonyl (C=O) groups is 1. The number of nitrogens with one attached hydrogen (secondary N) is 1. The standard InChI is InChI=1S/C19H16N2O2/c20-16-8-4-5-9-17(16)21-19(23)15-12-14(10-11-18(15)22)13-6-2-1-3-7-13/h1-12,22H,20H2,(H,21,23). The number of hydrogen-bond acceptors (Lipinski definition) is 3. The Balaban J connectivity index is 1.93. The molecule has 0 radical (unpaired) electrons. The van der Waals surface area contributed by atoms with Crippen molar-refractivity contribution >= 4 is 17.3 Å². The largest absolute Gasteiger partial charge is 0.507 e. The van der Waals surface area contributed by atoms with Gasteiger partial charge in [-0.1, -0.05) is 48.5 Å². The van der Waals surface area contributed by atoms with Gasteiger partial charge in [-0.15, -0.1) is 0 Å². The smallest absolute Gasteiger partial charge is 0.259 e. The van der Waals surface area contributed by atoms with Gasteiger partial charge >= 0.3 is 0 Å². The number of nitrogen functional groups attached to an aromatic ring is 1. The summed E-state index contributed by atoms with van der Waals surface area (Å²) < 4.78 is 0. The molecule has 0 atom stereocenters. The maximum absolute atomic E-state index is 12.4. The molecule has 23 heavy (non-hydrogen) atoms. The molecule has 0 spiro atoms. The highest BCUT2D eigenvalue weighted by atomic mass is 16.3. The number of phenols is 1. The average Bonchev–Trinajstić information content (AvgIpc) is 2.58. The van der Waals surface area contributed by atoms with E-state index in [4.69, 9.17) is 5.73 Å². The first-order valence-electron chi connectivity index (χ1n) is 7.19. The molecule has 0 aliphatic rings. The number of carbonyl (C=O) groups excluding carboxylic acids is 1. The third-order valence-corrected chi connectivity index (χ3v) is 3.56. The highest BCUT2D eigenvalue weighted by Gasteiger charge is 2.14. The predicted molar refractivity (Wildman–Crippen MR) is 92.4 cm³/mol. The SMILES string of the molecule is Nc1ccccc1NC(=O)c1cc(-c2ccccc2)ccc1O. The van der Waals surface area contributed by atoms with Gasteiger partial charge in [0.15, 0.2) is 0 Å². The molecule has 0 heterocycles. The van der Waals surface area contributed by atoms with Gasteiger partial charge in [0.25, 0.3) is 5.91 Å². The summed E-state index contributed by atoms with van der Waals surface area (Å²) in [6, 6.07) is 21.6. The summed E-state index contributed by atoms with van der Waals surface area (Å²) in [6.45, 7) is 0. The van der Waals surface area contributed by atoms with E-state index < -0.39 is 5.91 Å². The molecular weight excluding hydrogens is 288 g/mol. The van der Waals surface area contributed by atoms with Crippen LogP contribution < -0.4 is 11.1 Å². The maximum Gasteiger partial charge on any atom is 0.259 e. The zero-order valence-electron chi connectivity index (χ0n) is 12.4. The molecule has 3 aromatic rings. The van der Waals surface area contributed by atoms with Crippen molar-refractivity contribution in [1.29, 1.82) is 0 Å². The predicted octanol–water partition coefficient (Wildman–Crippen LogP) is 3.89. The van der Waals surface area contributed by atoms with E-state index in [1.165, 1.54) is 6.07 Å². The lowest BCUT2D eigenvalue weighted by Crippen LogP contribution is -2.13. The van der Waals surface area contributed by atoms with E-state index in [1.807, 2.05) is 30.3 Å². The lowest BCUT2D eigenvalue weighted by molar-refractivity contribution is 0.102. The van der Waals surface area contributed by atoms with Crippen molar-refractivity contribution in [2.45, 2.75) is 0 Å². The van der Waals surface area contributed by atoms with Crippen LogP contribution in [0.5, 0.6) is 5.75 Å². The fraction of sp³-hybridized carbons (Fsp3) is 0. The van der Waals surface area contributed by atoms with Crippen LogP contribution in [0.25, 0.3) is 11.1 Å². The number of aromatic hydroxyl groups is 1. The third-order valence-electron chi connectivity index (χ3n) is 3.56. The van der Waals surface area contributed by atoms with Gasteiger partial charge in [0.1, 0.15) is 5.75 Å². The summed E-state index contributed by atoms with van der Waals surface area (Å²) in [5.41, 5.74) is 8.85. The number of hydrogen-bond donors (Lipinski definition) is 3. The van der Waals surface area contributed by atoms with Gasteiger partial charge in [0.05, 0.1) is 16.9 Å². The number of nitrogens with two attached hydrogens (primary N) is 1. The average molecular weight is 304 g/mol. The van der Waals surface area contributed by atoms with E-state index >= 15 is 0 Å². The van der Waals surface area contributed by atoms with Gasteiger partial charge in [0.2, 0.25) is 0 Å². The zero-order valence-corrected chi connectivity index (χ0v) is 12.4. The Bertz CT molecular complexity index is 845. The van der Waals surface area contributed by atoms with Crippen molar-refractivity contribution in [2.75, 3.05) is 11.1 Å². The van der Waals surface area contributed by atoms with E-state index in [9.17, 15) is 9.90 Å².